The summed E-state index contributed by atoms with van der Waals surface area (Å²) in [5.74, 6) is 1.80. The molecule has 2 aliphatic heterocycles. The van der Waals surface area contributed by atoms with Crippen LogP contribution in [0.1, 0.15) is 45.0 Å². The third-order valence-corrected chi connectivity index (χ3v) is 5.87. The highest BCUT2D eigenvalue weighted by Gasteiger charge is 2.28. The smallest absolute Gasteiger partial charge is 0.236 e. The molecule has 1 aromatic heterocycles. The molecule has 28 heavy (non-hydrogen) atoms. The SMILES string of the molecule is C[C@H](c1nc(N)nc(N(C)C)n1)N1CCN(CC(=O)N2CCCC[C@H]2C)CC1. The number of nitrogen functional groups attached to an aromatic ring is 1. The van der Waals surface area contributed by atoms with Crippen molar-refractivity contribution in [2.45, 2.75) is 45.2 Å². The minimum atomic E-state index is 0.0592. The van der Waals surface area contributed by atoms with Crippen LogP contribution in [-0.4, -0.2) is 95.0 Å². The average Bonchev–Trinajstić information content (AvgIpc) is 2.67. The fourth-order valence-corrected chi connectivity index (χ4v) is 4.01. The Kier molecular flexibility index (Phi) is 6.66. The van der Waals surface area contributed by atoms with Gasteiger partial charge >= 0.3 is 0 Å². The molecule has 2 saturated heterocycles. The van der Waals surface area contributed by atoms with E-state index >= 15 is 0 Å². The molecule has 0 aromatic carbocycles. The number of piperidine rings is 1. The van der Waals surface area contributed by atoms with Crippen molar-refractivity contribution in [1.82, 2.24) is 29.7 Å². The molecule has 9 nitrogen and oxygen atoms in total. The highest BCUT2D eigenvalue weighted by atomic mass is 16.2. The normalized spacial score (nSPS) is 22.9. The highest BCUT2D eigenvalue weighted by molar-refractivity contribution is 5.78. The van der Waals surface area contributed by atoms with Crippen LogP contribution in [0.3, 0.4) is 0 Å². The zero-order valence-corrected chi connectivity index (χ0v) is 17.6. The number of rotatable bonds is 5. The summed E-state index contributed by atoms with van der Waals surface area (Å²) in [6.45, 7) is 9.21. The van der Waals surface area contributed by atoms with E-state index in [0.717, 1.165) is 45.6 Å². The van der Waals surface area contributed by atoms with Gasteiger partial charge in [-0.2, -0.15) is 15.0 Å². The number of anilines is 2. The van der Waals surface area contributed by atoms with Crippen molar-refractivity contribution in [3.8, 4) is 0 Å². The van der Waals surface area contributed by atoms with Crippen LogP contribution >= 0.6 is 0 Å². The Morgan fingerprint density at radius 3 is 2.50 bits per heavy atom. The van der Waals surface area contributed by atoms with Crippen molar-refractivity contribution in [2.75, 3.05) is 64.0 Å². The maximum Gasteiger partial charge on any atom is 0.236 e. The van der Waals surface area contributed by atoms with Gasteiger partial charge in [0, 0.05) is 52.9 Å². The Bertz CT molecular complexity index is 674. The first kappa shape index (κ1) is 20.7. The fourth-order valence-electron chi connectivity index (χ4n) is 4.01. The van der Waals surface area contributed by atoms with Crippen LogP contribution in [0.15, 0.2) is 0 Å². The van der Waals surface area contributed by atoms with E-state index in [1.54, 1.807) is 0 Å². The minimum absolute atomic E-state index is 0.0592. The minimum Gasteiger partial charge on any atom is -0.368 e. The molecule has 1 amide bonds. The van der Waals surface area contributed by atoms with Crippen molar-refractivity contribution >= 4 is 17.8 Å². The Labute approximate surface area is 167 Å². The van der Waals surface area contributed by atoms with Gasteiger partial charge in [-0.05, 0) is 33.1 Å². The summed E-state index contributed by atoms with van der Waals surface area (Å²) in [4.78, 5) is 34.2. The molecular formula is C19H34N8O. The second-order valence-electron chi connectivity index (χ2n) is 8.17. The lowest BCUT2D eigenvalue weighted by molar-refractivity contribution is -0.136. The predicted octanol–water partition coefficient (Wildman–Crippen LogP) is 0.599. The largest absolute Gasteiger partial charge is 0.368 e. The standard InChI is InChI=1S/C19H34N8O/c1-14-7-5-6-8-27(14)16(28)13-25-9-11-26(12-10-25)15(2)17-21-18(20)23-19(22-17)24(3)4/h14-15H,5-13H2,1-4H3,(H2,20,21,22,23)/t14-,15-/m1/s1. The van der Waals surface area contributed by atoms with E-state index in [0.29, 0.717) is 24.4 Å². The van der Waals surface area contributed by atoms with Gasteiger partial charge in [0.15, 0.2) is 5.82 Å². The predicted molar refractivity (Wildman–Crippen MR) is 110 cm³/mol. The summed E-state index contributed by atoms with van der Waals surface area (Å²) in [6.07, 6.45) is 3.49. The summed E-state index contributed by atoms with van der Waals surface area (Å²) < 4.78 is 0. The summed E-state index contributed by atoms with van der Waals surface area (Å²) in [5, 5.41) is 0. The molecule has 0 unspecified atom stereocenters. The fraction of sp³-hybridized carbons (Fsp3) is 0.789. The number of hydrogen-bond donors (Lipinski definition) is 1. The van der Waals surface area contributed by atoms with Gasteiger partial charge in [0.25, 0.3) is 0 Å². The van der Waals surface area contributed by atoms with E-state index in [4.69, 9.17) is 5.73 Å². The van der Waals surface area contributed by atoms with Gasteiger partial charge in [-0.15, -0.1) is 0 Å². The van der Waals surface area contributed by atoms with Gasteiger partial charge in [0.05, 0.1) is 12.6 Å². The average molecular weight is 391 g/mol. The molecule has 0 radical (unpaired) electrons. The maximum absolute atomic E-state index is 12.7. The molecule has 156 valence electrons. The van der Waals surface area contributed by atoms with Gasteiger partial charge in [-0.3, -0.25) is 14.6 Å². The lowest BCUT2D eigenvalue weighted by Gasteiger charge is -2.39. The second kappa shape index (κ2) is 9.00. The molecule has 0 spiro atoms. The summed E-state index contributed by atoms with van der Waals surface area (Å²) in [5.41, 5.74) is 5.87. The van der Waals surface area contributed by atoms with Gasteiger partial charge < -0.3 is 15.5 Å². The lowest BCUT2D eigenvalue weighted by atomic mass is 10.0. The number of nitrogens with two attached hydrogens (primary N) is 1. The topological polar surface area (TPSA) is 94.7 Å². The molecule has 3 heterocycles. The molecule has 2 N–H and O–H groups in total. The summed E-state index contributed by atoms with van der Waals surface area (Å²) >= 11 is 0. The number of likely N-dealkylation sites (tertiary alicyclic amines) is 1. The first-order valence-corrected chi connectivity index (χ1v) is 10.3. The number of carbonyl (C=O) groups excluding carboxylic acids is 1. The van der Waals surface area contributed by atoms with Gasteiger partial charge in [-0.25, -0.2) is 0 Å². The number of piperazine rings is 1. The van der Waals surface area contributed by atoms with Crippen LogP contribution in [0, 0.1) is 0 Å². The molecule has 2 aliphatic rings. The van der Waals surface area contributed by atoms with E-state index < -0.39 is 0 Å². The van der Waals surface area contributed by atoms with Gasteiger partial charge in [0.2, 0.25) is 17.8 Å². The van der Waals surface area contributed by atoms with Crippen LogP contribution in [0.5, 0.6) is 0 Å². The number of carbonyl (C=O) groups is 1. The van der Waals surface area contributed by atoms with Crippen molar-refractivity contribution in [3.63, 3.8) is 0 Å². The Morgan fingerprint density at radius 1 is 1.14 bits per heavy atom. The summed E-state index contributed by atoms with van der Waals surface area (Å²) in [6, 6.07) is 0.437. The molecular weight excluding hydrogens is 356 g/mol. The van der Waals surface area contributed by atoms with Crippen LogP contribution in [0.4, 0.5) is 11.9 Å². The van der Waals surface area contributed by atoms with Crippen molar-refractivity contribution in [2.24, 2.45) is 0 Å². The number of nitrogens with zero attached hydrogens (tertiary/aromatic N) is 7. The van der Waals surface area contributed by atoms with E-state index in [2.05, 4.69) is 43.5 Å². The zero-order chi connectivity index (χ0) is 20.3. The Hall–Kier alpha value is -2.00. The van der Waals surface area contributed by atoms with Crippen molar-refractivity contribution in [1.29, 1.82) is 0 Å². The molecule has 2 fully saturated rings. The lowest BCUT2D eigenvalue weighted by Crippen LogP contribution is -2.52. The van der Waals surface area contributed by atoms with Crippen LogP contribution in [0.25, 0.3) is 0 Å². The number of aromatic nitrogens is 3. The maximum atomic E-state index is 12.7. The van der Waals surface area contributed by atoms with Crippen LogP contribution in [-0.2, 0) is 4.79 Å². The van der Waals surface area contributed by atoms with E-state index in [1.165, 1.54) is 6.42 Å². The second-order valence-corrected chi connectivity index (χ2v) is 8.17. The zero-order valence-electron chi connectivity index (χ0n) is 17.6. The van der Waals surface area contributed by atoms with E-state index in [1.807, 2.05) is 19.0 Å². The van der Waals surface area contributed by atoms with Crippen molar-refractivity contribution < 1.29 is 4.79 Å². The van der Waals surface area contributed by atoms with E-state index in [9.17, 15) is 4.79 Å². The third kappa shape index (κ3) is 4.88. The molecule has 2 atom stereocenters. The molecule has 0 aliphatic carbocycles. The first-order valence-electron chi connectivity index (χ1n) is 10.3. The van der Waals surface area contributed by atoms with Crippen LogP contribution < -0.4 is 10.6 Å². The quantitative estimate of drug-likeness (QED) is 0.781. The molecule has 3 rings (SSSR count). The first-order chi connectivity index (χ1) is 13.3. The monoisotopic (exact) mass is 390 g/mol. The number of hydrogen-bond acceptors (Lipinski definition) is 8. The molecule has 9 heteroatoms. The van der Waals surface area contributed by atoms with E-state index in [-0.39, 0.29) is 17.9 Å². The third-order valence-electron chi connectivity index (χ3n) is 5.87. The Morgan fingerprint density at radius 2 is 1.86 bits per heavy atom. The highest BCUT2D eigenvalue weighted by Crippen LogP contribution is 2.21. The number of amides is 1. The van der Waals surface area contributed by atoms with Crippen molar-refractivity contribution in [3.05, 3.63) is 5.82 Å². The van der Waals surface area contributed by atoms with Gasteiger partial charge in [0.1, 0.15) is 0 Å². The van der Waals surface area contributed by atoms with Crippen LogP contribution in [0.2, 0.25) is 0 Å². The summed E-state index contributed by atoms with van der Waals surface area (Å²) in [7, 11) is 3.78. The molecule has 1 aromatic rings. The van der Waals surface area contributed by atoms with Gasteiger partial charge in [-0.1, -0.05) is 0 Å². The Balaban J connectivity index is 1.54. The molecule has 0 saturated carbocycles. The molecule has 0 bridgehead atoms.